The van der Waals surface area contributed by atoms with Gasteiger partial charge in [0.2, 0.25) is 0 Å². The summed E-state index contributed by atoms with van der Waals surface area (Å²) in [6.45, 7) is 5.02. The van der Waals surface area contributed by atoms with Crippen LogP contribution in [-0.2, 0) is 5.41 Å². The Morgan fingerprint density at radius 3 is 2.61 bits per heavy atom. The highest BCUT2D eigenvalue weighted by Crippen LogP contribution is 2.46. The van der Waals surface area contributed by atoms with Crippen LogP contribution in [0.1, 0.15) is 60.8 Å². The molecule has 142 valence electrons. The lowest BCUT2D eigenvalue weighted by molar-refractivity contribution is 0.0893. The van der Waals surface area contributed by atoms with E-state index in [2.05, 4.69) is 52.3 Å². The fourth-order valence-electron chi connectivity index (χ4n) is 4.33. The average Bonchev–Trinajstić information content (AvgIpc) is 3.14. The fourth-order valence-corrected chi connectivity index (χ4v) is 4.33. The summed E-state index contributed by atoms with van der Waals surface area (Å²) in [7, 11) is 0. The van der Waals surface area contributed by atoms with Crippen LogP contribution < -0.4 is 5.32 Å². The van der Waals surface area contributed by atoms with Crippen molar-refractivity contribution in [1.82, 2.24) is 20.3 Å². The van der Waals surface area contributed by atoms with Crippen molar-refractivity contribution >= 4 is 5.91 Å². The maximum absolute atomic E-state index is 12.4. The Labute approximate surface area is 164 Å². The topological polar surface area (TPSA) is 70.7 Å². The minimum atomic E-state index is 0.0257. The van der Waals surface area contributed by atoms with Crippen molar-refractivity contribution in [2.75, 3.05) is 6.54 Å². The number of nitrogens with one attached hydrogen (secondary N) is 2. The van der Waals surface area contributed by atoms with Gasteiger partial charge in [0.05, 0.1) is 11.3 Å². The van der Waals surface area contributed by atoms with Crippen LogP contribution in [-0.4, -0.2) is 27.4 Å². The van der Waals surface area contributed by atoms with E-state index < -0.39 is 0 Å². The van der Waals surface area contributed by atoms with E-state index >= 15 is 0 Å². The molecule has 0 unspecified atom stereocenters. The van der Waals surface area contributed by atoms with Gasteiger partial charge in [-0.05, 0) is 49.1 Å². The van der Waals surface area contributed by atoms with E-state index in [1.165, 1.54) is 6.42 Å². The summed E-state index contributed by atoms with van der Waals surface area (Å²) in [6.07, 6.45) is 7.20. The van der Waals surface area contributed by atoms with Gasteiger partial charge >= 0.3 is 0 Å². The zero-order valence-corrected chi connectivity index (χ0v) is 16.2. The highest BCUT2D eigenvalue weighted by Gasteiger charge is 2.45. The minimum Gasteiger partial charge on any atom is -0.357 e. The van der Waals surface area contributed by atoms with Gasteiger partial charge in [0, 0.05) is 52.6 Å². The number of pyridine rings is 2. The Kier molecular flexibility index (Phi) is 3.86. The van der Waals surface area contributed by atoms with Crippen LogP contribution in [0.4, 0.5) is 0 Å². The second-order valence-electron chi connectivity index (χ2n) is 8.34. The molecule has 0 radical (unpaired) electrons. The number of rotatable bonds is 3. The highest BCUT2D eigenvalue weighted by atomic mass is 16.1. The molecule has 4 heterocycles. The van der Waals surface area contributed by atoms with Crippen LogP contribution in [0.3, 0.4) is 0 Å². The van der Waals surface area contributed by atoms with Crippen molar-refractivity contribution < 1.29 is 4.79 Å². The largest absolute Gasteiger partial charge is 0.357 e. The molecule has 1 fully saturated rings. The molecule has 3 aromatic rings. The second kappa shape index (κ2) is 6.30. The fraction of sp³-hybridized carbons (Fsp3) is 0.348. The first kappa shape index (κ1) is 17.2. The van der Waals surface area contributed by atoms with Crippen LogP contribution >= 0.6 is 0 Å². The number of hydrogen-bond donors (Lipinski definition) is 2. The van der Waals surface area contributed by atoms with Crippen molar-refractivity contribution in [1.29, 1.82) is 0 Å². The number of fused-ring (bicyclic) bond motifs is 2. The van der Waals surface area contributed by atoms with Gasteiger partial charge in [-0.1, -0.05) is 20.3 Å². The van der Waals surface area contributed by atoms with Crippen molar-refractivity contribution in [3.05, 3.63) is 59.7 Å². The van der Waals surface area contributed by atoms with Crippen LogP contribution in [0.5, 0.6) is 0 Å². The Balaban J connectivity index is 1.52. The molecule has 28 heavy (non-hydrogen) atoms. The monoisotopic (exact) mass is 372 g/mol. The highest BCUT2D eigenvalue weighted by molar-refractivity contribution is 5.98. The first-order valence-electron chi connectivity index (χ1n) is 10.0. The normalized spacial score (nSPS) is 17.3. The van der Waals surface area contributed by atoms with Crippen molar-refractivity contribution in [3.8, 4) is 22.5 Å². The lowest BCUT2D eigenvalue weighted by Gasteiger charge is -2.44. The quantitative estimate of drug-likeness (QED) is 0.715. The van der Waals surface area contributed by atoms with Gasteiger partial charge in [0.15, 0.2) is 0 Å². The van der Waals surface area contributed by atoms with E-state index in [0.717, 1.165) is 58.9 Å². The van der Waals surface area contributed by atoms with Gasteiger partial charge in [-0.3, -0.25) is 14.8 Å². The van der Waals surface area contributed by atoms with E-state index in [9.17, 15) is 4.79 Å². The predicted octanol–water partition coefficient (Wildman–Crippen LogP) is 4.43. The van der Waals surface area contributed by atoms with Crippen molar-refractivity contribution in [3.63, 3.8) is 0 Å². The molecule has 5 nitrogen and oxygen atoms in total. The molecule has 0 bridgehead atoms. The summed E-state index contributed by atoms with van der Waals surface area (Å²) in [6, 6.07) is 10.2. The van der Waals surface area contributed by atoms with E-state index in [4.69, 9.17) is 0 Å². The number of hydrogen-bond acceptors (Lipinski definition) is 3. The summed E-state index contributed by atoms with van der Waals surface area (Å²) in [5.41, 5.74) is 6.98. The van der Waals surface area contributed by atoms with Crippen LogP contribution in [0, 0.1) is 0 Å². The SMILES string of the molecule is CC(C)c1ccc(-c2cc(-c3cc4c([nH]3)C3(CCC3)CNC4=O)ccn2)cn1. The number of H-pyrrole nitrogens is 1. The van der Waals surface area contributed by atoms with E-state index in [1.807, 2.05) is 24.5 Å². The van der Waals surface area contributed by atoms with Gasteiger partial charge in [-0.25, -0.2) is 0 Å². The first-order valence-corrected chi connectivity index (χ1v) is 10.0. The number of aromatic amines is 1. The molecular formula is C23H24N4O. The Bertz CT molecular complexity index is 1040. The van der Waals surface area contributed by atoms with Crippen molar-refractivity contribution in [2.45, 2.75) is 44.4 Å². The van der Waals surface area contributed by atoms with E-state index in [-0.39, 0.29) is 11.3 Å². The van der Waals surface area contributed by atoms with Gasteiger partial charge in [-0.15, -0.1) is 0 Å². The smallest absolute Gasteiger partial charge is 0.253 e. The molecule has 2 aliphatic rings. The molecule has 1 spiro atoms. The molecule has 5 rings (SSSR count). The molecule has 2 N–H and O–H groups in total. The third-order valence-corrected chi connectivity index (χ3v) is 6.24. The molecule has 0 saturated heterocycles. The molecule has 1 aliphatic carbocycles. The molecule has 1 amide bonds. The Morgan fingerprint density at radius 1 is 1.07 bits per heavy atom. The standard InChI is InChI=1S/C23H24N4O/c1-14(2)18-5-4-16(12-25-18)19-10-15(6-9-24-19)20-11-17-21(27-20)23(7-3-8-23)13-26-22(17)28/h4-6,9-12,14,27H,3,7-8,13H2,1-2H3,(H,26,28). The molecule has 5 heteroatoms. The van der Waals surface area contributed by atoms with Crippen LogP contribution in [0.2, 0.25) is 0 Å². The number of aromatic nitrogens is 3. The van der Waals surface area contributed by atoms with Gasteiger partial charge in [0.1, 0.15) is 0 Å². The van der Waals surface area contributed by atoms with Gasteiger partial charge in [-0.2, -0.15) is 0 Å². The summed E-state index contributed by atoms with van der Waals surface area (Å²) >= 11 is 0. The number of carbonyl (C=O) groups is 1. The second-order valence-corrected chi connectivity index (χ2v) is 8.34. The Morgan fingerprint density at radius 2 is 1.93 bits per heavy atom. The third-order valence-electron chi connectivity index (χ3n) is 6.24. The molecular weight excluding hydrogens is 348 g/mol. The minimum absolute atomic E-state index is 0.0257. The number of carbonyl (C=O) groups excluding carboxylic acids is 1. The zero-order chi connectivity index (χ0) is 19.3. The first-order chi connectivity index (χ1) is 13.6. The summed E-state index contributed by atoms with van der Waals surface area (Å²) in [5.74, 6) is 0.432. The third kappa shape index (κ3) is 2.65. The summed E-state index contributed by atoms with van der Waals surface area (Å²) in [4.78, 5) is 25.0. The van der Waals surface area contributed by atoms with Crippen LogP contribution in [0.15, 0.2) is 42.7 Å². The maximum Gasteiger partial charge on any atom is 0.253 e. The maximum atomic E-state index is 12.4. The summed E-state index contributed by atoms with van der Waals surface area (Å²) in [5, 5.41) is 3.07. The zero-order valence-electron chi connectivity index (χ0n) is 16.2. The van der Waals surface area contributed by atoms with Crippen molar-refractivity contribution in [2.24, 2.45) is 0 Å². The lowest BCUT2D eigenvalue weighted by atomic mass is 9.64. The predicted molar refractivity (Wildman–Crippen MR) is 109 cm³/mol. The molecule has 0 aromatic carbocycles. The van der Waals surface area contributed by atoms with Gasteiger partial charge in [0.25, 0.3) is 5.91 Å². The molecule has 1 saturated carbocycles. The number of amides is 1. The Hall–Kier alpha value is -2.95. The number of nitrogens with zero attached hydrogens (tertiary/aromatic N) is 2. The average molecular weight is 372 g/mol. The molecule has 1 aliphatic heterocycles. The molecule has 3 aromatic heterocycles. The molecule has 0 atom stereocenters. The van der Waals surface area contributed by atoms with Crippen LogP contribution in [0.25, 0.3) is 22.5 Å². The summed E-state index contributed by atoms with van der Waals surface area (Å²) < 4.78 is 0. The van der Waals surface area contributed by atoms with E-state index in [1.54, 1.807) is 0 Å². The lowest BCUT2D eigenvalue weighted by Crippen LogP contribution is -2.50. The van der Waals surface area contributed by atoms with E-state index in [0.29, 0.717) is 5.92 Å². The van der Waals surface area contributed by atoms with Gasteiger partial charge < -0.3 is 10.3 Å².